The molecule has 22 heavy (non-hydrogen) atoms. The fraction of sp³-hybridized carbons (Fsp3) is 0.571. The average molecular weight is 323 g/mol. The number of carbonyl (C=O) groups excluding carboxylic acids is 1. The topological polar surface area (TPSA) is 81.4 Å². The fourth-order valence-electron chi connectivity index (χ4n) is 1.98. The Morgan fingerprint density at radius 2 is 2.23 bits per heavy atom. The van der Waals surface area contributed by atoms with E-state index < -0.39 is 0 Å². The van der Waals surface area contributed by atoms with Crippen molar-refractivity contribution in [1.29, 1.82) is 0 Å². The molecule has 0 aliphatic heterocycles. The van der Waals surface area contributed by atoms with Crippen LogP contribution in [-0.2, 0) is 9.53 Å². The van der Waals surface area contributed by atoms with Gasteiger partial charge in [-0.25, -0.2) is 9.50 Å². The van der Waals surface area contributed by atoms with Crippen LogP contribution in [0.4, 0.5) is 0 Å². The third kappa shape index (κ3) is 4.17. The number of hydrogen-bond acceptors (Lipinski definition) is 6. The normalized spacial score (nSPS) is 12.5. The summed E-state index contributed by atoms with van der Waals surface area (Å²) < 4.78 is 6.64. The molecule has 8 heteroatoms. The highest BCUT2D eigenvalue weighted by Gasteiger charge is 2.17. The Balaban J connectivity index is 1.98. The van der Waals surface area contributed by atoms with E-state index in [1.54, 1.807) is 11.6 Å². The Morgan fingerprint density at radius 3 is 2.95 bits per heavy atom. The van der Waals surface area contributed by atoms with E-state index in [2.05, 4.69) is 20.4 Å². The number of thioether (sulfide) groups is 1. The summed E-state index contributed by atoms with van der Waals surface area (Å²) in [5, 5.41) is 7.56. The van der Waals surface area contributed by atoms with E-state index in [-0.39, 0.29) is 11.2 Å². The van der Waals surface area contributed by atoms with E-state index in [9.17, 15) is 4.79 Å². The largest absolute Gasteiger partial charge is 0.385 e. The van der Waals surface area contributed by atoms with E-state index in [4.69, 9.17) is 4.74 Å². The number of aryl methyl sites for hydroxylation is 2. The van der Waals surface area contributed by atoms with E-state index in [1.165, 1.54) is 11.8 Å². The number of aromatic nitrogens is 4. The first kappa shape index (κ1) is 16.7. The van der Waals surface area contributed by atoms with Gasteiger partial charge in [-0.3, -0.25) is 4.79 Å². The number of amides is 1. The number of nitrogens with zero attached hydrogens (tertiary/aromatic N) is 4. The van der Waals surface area contributed by atoms with Crippen LogP contribution < -0.4 is 5.32 Å². The molecule has 120 valence electrons. The van der Waals surface area contributed by atoms with Gasteiger partial charge >= 0.3 is 0 Å². The van der Waals surface area contributed by atoms with Crippen LogP contribution in [0.25, 0.3) is 5.78 Å². The van der Waals surface area contributed by atoms with Crippen LogP contribution >= 0.6 is 11.8 Å². The predicted molar refractivity (Wildman–Crippen MR) is 85.1 cm³/mol. The first-order chi connectivity index (χ1) is 10.5. The molecule has 0 saturated heterocycles. The predicted octanol–water partition coefficient (Wildman–Crippen LogP) is 1.37. The molecule has 7 nitrogen and oxygen atoms in total. The second kappa shape index (κ2) is 7.55. The average Bonchev–Trinajstić information content (AvgIpc) is 2.86. The maximum Gasteiger partial charge on any atom is 0.253 e. The molecule has 1 atom stereocenters. The van der Waals surface area contributed by atoms with Gasteiger partial charge < -0.3 is 10.1 Å². The van der Waals surface area contributed by atoms with Crippen molar-refractivity contribution in [1.82, 2.24) is 24.9 Å². The molecule has 0 fully saturated rings. The van der Waals surface area contributed by atoms with E-state index in [0.717, 1.165) is 17.8 Å². The minimum Gasteiger partial charge on any atom is -0.385 e. The van der Waals surface area contributed by atoms with Crippen molar-refractivity contribution in [3.8, 4) is 0 Å². The standard InChI is InChI=1S/C14H21N5O2S/c1-9-8-10(2)19-13(16-9)17-14(18-19)22-11(3)12(20)15-6-5-7-21-4/h8,11H,5-7H2,1-4H3,(H,15,20). The van der Waals surface area contributed by atoms with Crippen LogP contribution in [-0.4, -0.2) is 51.0 Å². The molecule has 0 aliphatic rings. The third-order valence-corrected chi connectivity index (χ3v) is 4.03. The van der Waals surface area contributed by atoms with Crippen molar-refractivity contribution in [2.24, 2.45) is 0 Å². The number of methoxy groups -OCH3 is 1. The number of nitrogens with one attached hydrogen (secondary N) is 1. The zero-order valence-electron chi connectivity index (χ0n) is 13.3. The summed E-state index contributed by atoms with van der Waals surface area (Å²) in [5.41, 5.74) is 1.87. The lowest BCUT2D eigenvalue weighted by Crippen LogP contribution is -2.32. The van der Waals surface area contributed by atoms with Crippen molar-refractivity contribution in [3.63, 3.8) is 0 Å². The first-order valence-electron chi connectivity index (χ1n) is 7.15. The lowest BCUT2D eigenvalue weighted by atomic mass is 10.4. The van der Waals surface area contributed by atoms with Crippen LogP contribution in [0.15, 0.2) is 11.2 Å². The zero-order valence-corrected chi connectivity index (χ0v) is 14.1. The summed E-state index contributed by atoms with van der Waals surface area (Å²) >= 11 is 1.33. The molecule has 1 amide bonds. The molecule has 0 radical (unpaired) electrons. The van der Waals surface area contributed by atoms with Crippen LogP contribution in [0.5, 0.6) is 0 Å². The number of carbonyl (C=O) groups is 1. The lowest BCUT2D eigenvalue weighted by molar-refractivity contribution is -0.120. The summed E-state index contributed by atoms with van der Waals surface area (Å²) in [6, 6.07) is 1.95. The summed E-state index contributed by atoms with van der Waals surface area (Å²) in [4.78, 5) is 20.7. The summed E-state index contributed by atoms with van der Waals surface area (Å²) in [7, 11) is 1.65. The summed E-state index contributed by atoms with van der Waals surface area (Å²) in [6.45, 7) is 6.96. The van der Waals surface area contributed by atoms with E-state index in [1.807, 2.05) is 26.8 Å². The monoisotopic (exact) mass is 323 g/mol. The van der Waals surface area contributed by atoms with Crippen LogP contribution in [0, 0.1) is 13.8 Å². The third-order valence-electron chi connectivity index (χ3n) is 3.07. The minimum atomic E-state index is -0.263. The van der Waals surface area contributed by atoms with Crippen LogP contribution in [0.3, 0.4) is 0 Å². The van der Waals surface area contributed by atoms with Gasteiger partial charge in [0.05, 0.1) is 5.25 Å². The van der Waals surface area contributed by atoms with Gasteiger partial charge in [-0.05, 0) is 33.3 Å². The molecule has 0 aliphatic carbocycles. The van der Waals surface area contributed by atoms with Crippen molar-refractivity contribution < 1.29 is 9.53 Å². The van der Waals surface area contributed by atoms with Gasteiger partial charge in [0.2, 0.25) is 11.1 Å². The molecule has 0 aromatic carbocycles. The van der Waals surface area contributed by atoms with Gasteiger partial charge in [0.15, 0.2) is 0 Å². The Bertz CT molecular complexity index is 658. The van der Waals surface area contributed by atoms with Crippen LogP contribution in [0.1, 0.15) is 24.7 Å². The quantitative estimate of drug-likeness (QED) is 0.612. The van der Waals surface area contributed by atoms with Gasteiger partial charge in [-0.1, -0.05) is 11.8 Å². The second-order valence-electron chi connectivity index (χ2n) is 5.04. The highest BCUT2D eigenvalue weighted by atomic mass is 32.2. The smallest absolute Gasteiger partial charge is 0.253 e. The van der Waals surface area contributed by atoms with Crippen molar-refractivity contribution in [2.45, 2.75) is 37.6 Å². The Morgan fingerprint density at radius 1 is 1.45 bits per heavy atom. The first-order valence-corrected chi connectivity index (χ1v) is 8.03. The van der Waals surface area contributed by atoms with Crippen molar-refractivity contribution >= 4 is 23.4 Å². The molecule has 1 N–H and O–H groups in total. The summed E-state index contributed by atoms with van der Waals surface area (Å²) in [6.07, 6.45) is 0.800. The maximum atomic E-state index is 12.0. The molecule has 2 heterocycles. The molecule has 2 aromatic heterocycles. The molecular weight excluding hydrogens is 302 g/mol. The zero-order chi connectivity index (χ0) is 16.1. The minimum absolute atomic E-state index is 0.0270. The second-order valence-corrected chi connectivity index (χ2v) is 6.35. The van der Waals surface area contributed by atoms with Gasteiger partial charge in [0, 0.05) is 31.6 Å². The number of fused-ring (bicyclic) bond motifs is 1. The molecule has 2 aromatic rings. The van der Waals surface area contributed by atoms with Gasteiger partial charge in [-0.2, -0.15) is 4.98 Å². The van der Waals surface area contributed by atoms with Crippen molar-refractivity contribution in [3.05, 3.63) is 17.5 Å². The molecule has 0 spiro atoms. The summed E-state index contributed by atoms with van der Waals surface area (Å²) in [5.74, 6) is 0.536. The highest BCUT2D eigenvalue weighted by molar-refractivity contribution is 8.00. The number of ether oxygens (including phenoxy) is 1. The number of hydrogen-bond donors (Lipinski definition) is 1. The Hall–Kier alpha value is -1.67. The van der Waals surface area contributed by atoms with Gasteiger partial charge in [-0.15, -0.1) is 5.10 Å². The van der Waals surface area contributed by atoms with Gasteiger partial charge in [0.25, 0.3) is 5.78 Å². The molecular formula is C14H21N5O2S. The SMILES string of the molecule is COCCCNC(=O)C(C)Sc1nc2nc(C)cc(C)n2n1. The molecule has 0 saturated carbocycles. The highest BCUT2D eigenvalue weighted by Crippen LogP contribution is 2.20. The van der Waals surface area contributed by atoms with Gasteiger partial charge in [0.1, 0.15) is 0 Å². The molecule has 1 unspecified atom stereocenters. The van der Waals surface area contributed by atoms with Crippen molar-refractivity contribution in [2.75, 3.05) is 20.3 Å². The Labute approximate surface area is 133 Å². The Kier molecular flexibility index (Phi) is 5.73. The van der Waals surface area contributed by atoms with E-state index in [0.29, 0.717) is 24.1 Å². The fourth-order valence-corrected chi connectivity index (χ4v) is 2.75. The molecule has 0 bridgehead atoms. The number of rotatable bonds is 7. The van der Waals surface area contributed by atoms with Crippen LogP contribution in [0.2, 0.25) is 0 Å². The van der Waals surface area contributed by atoms with E-state index >= 15 is 0 Å². The maximum absolute atomic E-state index is 12.0. The lowest BCUT2D eigenvalue weighted by Gasteiger charge is -2.09. The molecule has 2 rings (SSSR count).